The van der Waals surface area contributed by atoms with Crippen LogP contribution >= 0.6 is 11.6 Å². The highest BCUT2D eigenvalue weighted by molar-refractivity contribution is 6.31. The SMILES string of the molecule is O=C(O)Cc1ccc(C(=O)N[C@H](CCCc2ccc(-c3ccccc3)cc2Cl)CC(=O)O)o1. The van der Waals surface area contributed by atoms with Crippen LogP contribution in [0.2, 0.25) is 5.02 Å². The van der Waals surface area contributed by atoms with Crippen LogP contribution < -0.4 is 5.32 Å². The number of halogens is 1. The van der Waals surface area contributed by atoms with Gasteiger partial charge in [0.2, 0.25) is 0 Å². The van der Waals surface area contributed by atoms with Gasteiger partial charge in [0.15, 0.2) is 5.76 Å². The fourth-order valence-corrected chi connectivity index (χ4v) is 3.81. The molecule has 3 rings (SSSR count). The molecule has 1 atom stereocenters. The second-order valence-electron chi connectivity index (χ2n) is 7.67. The van der Waals surface area contributed by atoms with Crippen LogP contribution in [0.4, 0.5) is 0 Å². The van der Waals surface area contributed by atoms with Gasteiger partial charge in [-0.3, -0.25) is 14.4 Å². The monoisotopic (exact) mass is 469 g/mol. The number of carbonyl (C=O) groups is 3. The zero-order chi connectivity index (χ0) is 23.8. The van der Waals surface area contributed by atoms with Crippen molar-refractivity contribution < 1.29 is 29.0 Å². The van der Waals surface area contributed by atoms with Gasteiger partial charge in [-0.25, -0.2) is 0 Å². The maximum atomic E-state index is 12.4. The molecule has 172 valence electrons. The third kappa shape index (κ3) is 7.22. The molecular formula is C25H24ClNO6. The summed E-state index contributed by atoms with van der Waals surface area (Å²) >= 11 is 6.46. The van der Waals surface area contributed by atoms with Gasteiger partial charge in [0.25, 0.3) is 5.91 Å². The quantitative estimate of drug-likeness (QED) is 0.370. The van der Waals surface area contributed by atoms with Gasteiger partial charge in [0, 0.05) is 11.1 Å². The van der Waals surface area contributed by atoms with Crippen molar-refractivity contribution in [2.45, 2.75) is 38.1 Å². The summed E-state index contributed by atoms with van der Waals surface area (Å²) in [6.45, 7) is 0. The van der Waals surface area contributed by atoms with E-state index in [1.165, 1.54) is 12.1 Å². The molecule has 8 heteroatoms. The number of aryl methyl sites for hydroxylation is 1. The number of carbonyl (C=O) groups excluding carboxylic acids is 1. The third-order valence-corrected chi connectivity index (χ3v) is 5.48. The van der Waals surface area contributed by atoms with Crippen molar-refractivity contribution in [1.82, 2.24) is 5.32 Å². The van der Waals surface area contributed by atoms with E-state index in [0.717, 1.165) is 16.7 Å². The number of benzene rings is 2. The van der Waals surface area contributed by atoms with Gasteiger partial charge in [-0.1, -0.05) is 54.1 Å². The number of amides is 1. The second-order valence-corrected chi connectivity index (χ2v) is 8.08. The first kappa shape index (κ1) is 24.1. The lowest BCUT2D eigenvalue weighted by Gasteiger charge is -2.16. The van der Waals surface area contributed by atoms with Crippen LogP contribution in [0.3, 0.4) is 0 Å². The molecular weight excluding hydrogens is 446 g/mol. The van der Waals surface area contributed by atoms with Crippen LogP contribution in [0.5, 0.6) is 0 Å². The van der Waals surface area contributed by atoms with Crippen LogP contribution in [-0.4, -0.2) is 34.1 Å². The number of carboxylic acid groups (broad SMARTS) is 2. The zero-order valence-corrected chi connectivity index (χ0v) is 18.5. The minimum absolute atomic E-state index is 0.0545. The Morgan fingerprint density at radius 3 is 2.36 bits per heavy atom. The molecule has 1 heterocycles. The highest BCUT2D eigenvalue weighted by Crippen LogP contribution is 2.26. The predicted molar refractivity (Wildman–Crippen MR) is 123 cm³/mol. The number of hydrogen-bond donors (Lipinski definition) is 3. The maximum Gasteiger partial charge on any atom is 0.311 e. The van der Waals surface area contributed by atoms with Crippen molar-refractivity contribution >= 4 is 29.4 Å². The summed E-state index contributed by atoms with van der Waals surface area (Å²) < 4.78 is 5.24. The summed E-state index contributed by atoms with van der Waals surface area (Å²) in [6, 6.07) is 17.9. The number of nitrogens with one attached hydrogen (secondary N) is 1. The summed E-state index contributed by atoms with van der Waals surface area (Å²) in [5.41, 5.74) is 3.03. The molecule has 0 fully saturated rings. The first-order valence-corrected chi connectivity index (χ1v) is 10.9. The molecule has 0 saturated heterocycles. The minimum Gasteiger partial charge on any atom is -0.481 e. The molecule has 0 spiro atoms. The summed E-state index contributed by atoms with van der Waals surface area (Å²) in [5, 5.41) is 21.3. The highest BCUT2D eigenvalue weighted by atomic mass is 35.5. The molecule has 0 aliphatic rings. The lowest BCUT2D eigenvalue weighted by Crippen LogP contribution is -2.36. The number of hydrogen-bond acceptors (Lipinski definition) is 4. The second kappa shape index (κ2) is 11.3. The molecule has 33 heavy (non-hydrogen) atoms. The van der Waals surface area contributed by atoms with E-state index in [1.807, 2.05) is 48.5 Å². The molecule has 0 unspecified atom stereocenters. The Morgan fingerprint density at radius 2 is 1.70 bits per heavy atom. The molecule has 3 aromatic rings. The van der Waals surface area contributed by atoms with Crippen molar-refractivity contribution in [3.8, 4) is 11.1 Å². The van der Waals surface area contributed by atoms with Gasteiger partial charge >= 0.3 is 11.9 Å². The van der Waals surface area contributed by atoms with Gasteiger partial charge in [0.1, 0.15) is 12.2 Å². The first-order valence-electron chi connectivity index (χ1n) is 10.5. The lowest BCUT2D eigenvalue weighted by molar-refractivity contribution is -0.138. The standard InChI is InChI=1S/C25H24ClNO6/c26-21-13-18(16-5-2-1-3-6-16)10-9-17(21)7-4-8-19(14-23(28)29)27-25(32)22-12-11-20(33-22)15-24(30)31/h1-3,5-6,9-13,19H,4,7-8,14-15H2,(H,27,32)(H,28,29)(H,30,31)/t19-/m1/s1. The molecule has 0 aliphatic carbocycles. The summed E-state index contributed by atoms with van der Waals surface area (Å²) in [5.74, 6) is -2.59. The van der Waals surface area contributed by atoms with Crippen molar-refractivity contribution in [2.75, 3.05) is 0 Å². The molecule has 2 aromatic carbocycles. The van der Waals surface area contributed by atoms with E-state index in [1.54, 1.807) is 0 Å². The van der Waals surface area contributed by atoms with Gasteiger partial charge < -0.3 is 19.9 Å². The van der Waals surface area contributed by atoms with Crippen LogP contribution in [-0.2, 0) is 22.4 Å². The number of carboxylic acids is 2. The van der Waals surface area contributed by atoms with E-state index in [2.05, 4.69) is 5.32 Å². The molecule has 1 amide bonds. The van der Waals surface area contributed by atoms with Gasteiger partial charge in [-0.2, -0.15) is 0 Å². The van der Waals surface area contributed by atoms with Crippen molar-refractivity contribution in [3.05, 3.63) is 82.8 Å². The Hall–Kier alpha value is -3.58. The topological polar surface area (TPSA) is 117 Å². The molecule has 0 bridgehead atoms. The Labute approximate surface area is 196 Å². The van der Waals surface area contributed by atoms with Crippen molar-refractivity contribution in [3.63, 3.8) is 0 Å². The Bertz CT molecular complexity index is 1120. The van der Waals surface area contributed by atoms with E-state index in [4.69, 9.17) is 21.1 Å². The van der Waals surface area contributed by atoms with E-state index >= 15 is 0 Å². The predicted octanol–water partition coefficient (Wildman–Crippen LogP) is 4.82. The zero-order valence-electron chi connectivity index (χ0n) is 17.8. The van der Waals surface area contributed by atoms with E-state index in [-0.39, 0.29) is 24.4 Å². The van der Waals surface area contributed by atoms with Crippen LogP contribution in [0.25, 0.3) is 11.1 Å². The average Bonchev–Trinajstić information content (AvgIpc) is 3.23. The largest absolute Gasteiger partial charge is 0.481 e. The van der Waals surface area contributed by atoms with Crippen molar-refractivity contribution in [2.24, 2.45) is 0 Å². The Morgan fingerprint density at radius 1 is 0.939 bits per heavy atom. The molecule has 7 nitrogen and oxygen atoms in total. The Kier molecular flexibility index (Phi) is 8.27. The van der Waals surface area contributed by atoms with Gasteiger partial charge in [-0.05, 0) is 54.2 Å². The summed E-state index contributed by atoms with van der Waals surface area (Å²) in [4.78, 5) is 34.4. The van der Waals surface area contributed by atoms with Gasteiger partial charge in [0.05, 0.1) is 6.42 Å². The number of furan rings is 1. The van der Waals surface area contributed by atoms with Gasteiger partial charge in [-0.15, -0.1) is 0 Å². The molecule has 0 saturated carbocycles. The number of aliphatic carboxylic acids is 2. The molecule has 0 aliphatic heterocycles. The molecule has 0 radical (unpaired) electrons. The smallest absolute Gasteiger partial charge is 0.311 e. The lowest BCUT2D eigenvalue weighted by atomic mass is 9.99. The fraction of sp³-hybridized carbons (Fsp3) is 0.240. The first-order chi connectivity index (χ1) is 15.8. The summed E-state index contributed by atoms with van der Waals surface area (Å²) in [6.07, 6.45) is 1.09. The van der Waals surface area contributed by atoms with E-state index in [9.17, 15) is 19.5 Å². The Balaban J connectivity index is 1.58. The molecule has 3 N–H and O–H groups in total. The maximum absolute atomic E-state index is 12.4. The highest BCUT2D eigenvalue weighted by Gasteiger charge is 2.20. The van der Waals surface area contributed by atoms with E-state index < -0.39 is 23.9 Å². The van der Waals surface area contributed by atoms with Crippen LogP contribution in [0.15, 0.2) is 65.1 Å². The third-order valence-electron chi connectivity index (χ3n) is 5.13. The van der Waals surface area contributed by atoms with E-state index in [0.29, 0.717) is 24.3 Å². The number of rotatable bonds is 11. The average molecular weight is 470 g/mol. The fourth-order valence-electron chi connectivity index (χ4n) is 3.54. The normalized spacial score (nSPS) is 11.7. The molecule has 1 aromatic heterocycles. The van der Waals surface area contributed by atoms with Crippen molar-refractivity contribution in [1.29, 1.82) is 0 Å². The summed E-state index contributed by atoms with van der Waals surface area (Å²) in [7, 11) is 0. The van der Waals surface area contributed by atoms with Crippen LogP contribution in [0.1, 0.15) is 41.1 Å². The van der Waals surface area contributed by atoms with Crippen LogP contribution in [0, 0.1) is 0 Å². The minimum atomic E-state index is -1.07.